The maximum Gasteiger partial charge on any atom is 0.0102 e. The van der Waals surface area contributed by atoms with E-state index in [-0.39, 0.29) is 0 Å². The lowest BCUT2D eigenvalue weighted by molar-refractivity contribution is 0.232. The molecule has 5 atom stereocenters. The molecule has 0 radical (unpaired) electrons. The summed E-state index contributed by atoms with van der Waals surface area (Å²) in [6.45, 7) is 2.39. The van der Waals surface area contributed by atoms with Gasteiger partial charge in [-0.25, -0.2) is 0 Å². The Morgan fingerprint density at radius 2 is 1.89 bits per heavy atom. The first-order chi connectivity index (χ1) is 8.75. The number of nitrogens with two attached hydrogens (primary N) is 1. The summed E-state index contributed by atoms with van der Waals surface area (Å²) in [5, 5.41) is 0. The normalized spacial score (nSPS) is 37.2. The Balaban J connectivity index is 1.60. The van der Waals surface area contributed by atoms with Crippen molar-refractivity contribution in [1.29, 1.82) is 0 Å². The van der Waals surface area contributed by atoms with E-state index in [0.717, 1.165) is 23.7 Å². The first-order valence-electron chi connectivity index (χ1n) is 7.56. The van der Waals surface area contributed by atoms with Gasteiger partial charge in [-0.15, -0.1) is 0 Å². The highest BCUT2D eigenvalue weighted by molar-refractivity contribution is 5.26. The van der Waals surface area contributed by atoms with E-state index in [4.69, 9.17) is 5.73 Å². The fraction of sp³-hybridized carbons (Fsp3) is 0.647. The lowest BCUT2D eigenvalue weighted by Gasteiger charge is -2.31. The molecule has 1 aromatic rings. The van der Waals surface area contributed by atoms with Crippen LogP contribution in [0.4, 0.5) is 0 Å². The van der Waals surface area contributed by atoms with Crippen molar-refractivity contribution < 1.29 is 0 Å². The molecular weight excluding hydrogens is 218 g/mol. The van der Waals surface area contributed by atoms with E-state index in [1.165, 1.54) is 37.7 Å². The monoisotopic (exact) mass is 243 g/mol. The van der Waals surface area contributed by atoms with Gasteiger partial charge >= 0.3 is 0 Å². The van der Waals surface area contributed by atoms with Crippen LogP contribution in [0, 0.1) is 17.8 Å². The first-order valence-corrected chi connectivity index (χ1v) is 7.56. The Hall–Kier alpha value is -0.820. The van der Waals surface area contributed by atoms with Gasteiger partial charge in [0.05, 0.1) is 0 Å². The predicted octanol–water partition coefficient (Wildman–Crippen LogP) is 3.94. The molecule has 98 valence electrons. The predicted molar refractivity (Wildman–Crippen MR) is 76.4 cm³/mol. The largest absolute Gasteiger partial charge is 0.327 e. The summed E-state index contributed by atoms with van der Waals surface area (Å²) in [7, 11) is 0. The van der Waals surface area contributed by atoms with Crippen LogP contribution in [-0.4, -0.2) is 6.04 Å². The van der Waals surface area contributed by atoms with E-state index in [1.807, 2.05) is 0 Å². The molecular formula is C17H25N. The molecule has 0 aliphatic heterocycles. The molecule has 1 heteroatoms. The molecule has 1 nitrogen and oxygen atoms in total. The standard InChI is InChI=1S/C17H25N/c1-12-6-5-9-14(10-12)17(18)16-11-15(16)13-7-3-2-4-8-13/h2-4,7-8,12,14-17H,5-6,9-11,18H2,1H3. The average Bonchev–Trinajstić information content (AvgIpc) is 3.19. The van der Waals surface area contributed by atoms with Crippen LogP contribution >= 0.6 is 0 Å². The van der Waals surface area contributed by atoms with Crippen molar-refractivity contribution in [1.82, 2.24) is 0 Å². The first kappa shape index (κ1) is 12.2. The summed E-state index contributed by atoms with van der Waals surface area (Å²) in [4.78, 5) is 0. The average molecular weight is 243 g/mol. The highest BCUT2D eigenvalue weighted by Gasteiger charge is 2.45. The summed E-state index contributed by atoms with van der Waals surface area (Å²) in [6, 6.07) is 11.4. The van der Waals surface area contributed by atoms with Crippen LogP contribution in [-0.2, 0) is 0 Å². The third kappa shape index (κ3) is 2.47. The molecule has 1 aromatic carbocycles. The SMILES string of the molecule is CC1CCCC(C(N)C2CC2c2ccccc2)C1. The molecule has 2 saturated carbocycles. The quantitative estimate of drug-likeness (QED) is 0.855. The van der Waals surface area contributed by atoms with E-state index in [9.17, 15) is 0 Å². The van der Waals surface area contributed by atoms with Crippen molar-refractivity contribution in [2.24, 2.45) is 23.5 Å². The molecule has 3 rings (SSSR count). The van der Waals surface area contributed by atoms with Gasteiger partial charge < -0.3 is 5.73 Å². The van der Waals surface area contributed by atoms with E-state index in [1.54, 1.807) is 0 Å². The second-order valence-electron chi connectivity index (χ2n) is 6.53. The van der Waals surface area contributed by atoms with Crippen LogP contribution in [0.15, 0.2) is 30.3 Å². The molecule has 18 heavy (non-hydrogen) atoms. The Kier molecular flexibility index (Phi) is 3.43. The number of hydrogen-bond donors (Lipinski definition) is 1. The van der Waals surface area contributed by atoms with Gasteiger partial charge in [0.25, 0.3) is 0 Å². The van der Waals surface area contributed by atoms with Crippen molar-refractivity contribution >= 4 is 0 Å². The number of rotatable bonds is 3. The lowest BCUT2D eigenvalue weighted by Crippen LogP contribution is -2.35. The van der Waals surface area contributed by atoms with Crippen molar-refractivity contribution in [2.45, 2.75) is 51.0 Å². The van der Waals surface area contributed by atoms with Gasteiger partial charge in [-0.2, -0.15) is 0 Å². The Labute approximate surface area is 111 Å². The molecule has 2 fully saturated rings. The summed E-state index contributed by atoms with van der Waals surface area (Å²) in [5.74, 6) is 3.18. The molecule has 0 bridgehead atoms. The summed E-state index contributed by atoms with van der Waals surface area (Å²) in [5.41, 5.74) is 8.05. The molecule has 2 aliphatic rings. The Morgan fingerprint density at radius 3 is 2.61 bits per heavy atom. The van der Waals surface area contributed by atoms with Gasteiger partial charge in [-0.3, -0.25) is 0 Å². The van der Waals surface area contributed by atoms with Gasteiger partial charge in [0.1, 0.15) is 0 Å². The molecule has 2 N–H and O–H groups in total. The third-order valence-corrected chi connectivity index (χ3v) is 5.08. The van der Waals surface area contributed by atoms with Gasteiger partial charge in [0, 0.05) is 6.04 Å². The van der Waals surface area contributed by atoms with Gasteiger partial charge in [0.15, 0.2) is 0 Å². The lowest BCUT2D eigenvalue weighted by atomic mass is 9.77. The smallest absolute Gasteiger partial charge is 0.0102 e. The summed E-state index contributed by atoms with van der Waals surface area (Å²) >= 11 is 0. The van der Waals surface area contributed by atoms with Crippen LogP contribution in [0.3, 0.4) is 0 Å². The van der Waals surface area contributed by atoms with E-state index in [2.05, 4.69) is 37.3 Å². The van der Waals surface area contributed by atoms with Crippen molar-refractivity contribution in [3.8, 4) is 0 Å². The molecule has 0 amide bonds. The molecule has 0 spiro atoms. The highest BCUT2D eigenvalue weighted by Crippen LogP contribution is 2.51. The molecule has 0 heterocycles. The zero-order valence-electron chi connectivity index (χ0n) is 11.4. The zero-order chi connectivity index (χ0) is 12.5. The van der Waals surface area contributed by atoms with E-state index < -0.39 is 0 Å². The molecule has 2 aliphatic carbocycles. The molecule has 0 saturated heterocycles. The van der Waals surface area contributed by atoms with Crippen molar-refractivity contribution in [3.63, 3.8) is 0 Å². The van der Waals surface area contributed by atoms with Crippen LogP contribution in [0.2, 0.25) is 0 Å². The highest BCUT2D eigenvalue weighted by atomic mass is 14.7. The maximum atomic E-state index is 6.54. The minimum absolute atomic E-state index is 0.443. The van der Waals surface area contributed by atoms with Crippen LogP contribution in [0.1, 0.15) is 50.5 Å². The Bertz CT molecular complexity index is 386. The summed E-state index contributed by atoms with van der Waals surface area (Å²) in [6.07, 6.45) is 6.84. The summed E-state index contributed by atoms with van der Waals surface area (Å²) < 4.78 is 0. The Morgan fingerprint density at radius 1 is 1.11 bits per heavy atom. The van der Waals surface area contributed by atoms with Gasteiger partial charge in [0.2, 0.25) is 0 Å². The number of hydrogen-bond acceptors (Lipinski definition) is 1. The second kappa shape index (κ2) is 5.05. The fourth-order valence-electron chi connectivity index (χ4n) is 3.90. The molecule has 5 unspecified atom stereocenters. The minimum atomic E-state index is 0.443. The van der Waals surface area contributed by atoms with Crippen molar-refractivity contribution in [3.05, 3.63) is 35.9 Å². The van der Waals surface area contributed by atoms with Crippen LogP contribution in [0.5, 0.6) is 0 Å². The van der Waals surface area contributed by atoms with E-state index >= 15 is 0 Å². The van der Waals surface area contributed by atoms with Crippen LogP contribution in [0.25, 0.3) is 0 Å². The third-order valence-electron chi connectivity index (χ3n) is 5.08. The van der Waals surface area contributed by atoms with Gasteiger partial charge in [-0.05, 0) is 48.5 Å². The maximum absolute atomic E-state index is 6.54. The van der Waals surface area contributed by atoms with Gasteiger partial charge in [-0.1, -0.05) is 50.1 Å². The van der Waals surface area contributed by atoms with E-state index in [0.29, 0.717) is 6.04 Å². The fourth-order valence-corrected chi connectivity index (χ4v) is 3.90. The number of benzene rings is 1. The van der Waals surface area contributed by atoms with Crippen LogP contribution < -0.4 is 5.73 Å². The molecule has 0 aromatic heterocycles. The van der Waals surface area contributed by atoms with Crippen molar-refractivity contribution in [2.75, 3.05) is 0 Å². The minimum Gasteiger partial charge on any atom is -0.327 e. The topological polar surface area (TPSA) is 26.0 Å². The zero-order valence-corrected chi connectivity index (χ0v) is 11.4. The second-order valence-corrected chi connectivity index (χ2v) is 6.53.